The van der Waals surface area contributed by atoms with Crippen LogP contribution in [-0.4, -0.2) is 11.9 Å². The van der Waals surface area contributed by atoms with E-state index >= 15 is 0 Å². The minimum Gasteiger partial charge on any atom is -0.431 e. The van der Waals surface area contributed by atoms with E-state index in [0.717, 1.165) is 6.26 Å². The molecule has 1 radical (unpaired) electrons. The zero-order valence-corrected chi connectivity index (χ0v) is 6.42. The number of carbonyl (C=O) groups is 2. The molecule has 0 aliphatic rings. The van der Waals surface area contributed by atoms with Gasteiger partial charge >= 0.3 is 11.9 Å². The van der Waals surface area contributed by atoms with Crippen molar-refractivity contribution in [3.05, 3.63) is 18.9 Å². The lowest BCUT2D eigenvalue weighted by Crippen LogP contribution is -1.98. The summed E-state index contributed by atoms with van der Waals surface area (Å²) < 4.78 is 8.80. The third-order valence-electron chi connectivity index (χ3n) is 0.631. The van der Waals surface area contributed by atoms with Gasteiger partial charge in [-0.2, -0.15) is 0 Å². The van der Waals surface area contributed by atoms with Crippen LogP contribution in [0.1, 0.15) is 13.8 Å². The molecule has 0 aliphatic carbocycles. The Bertz CT molecular complexity index is 193. The van der Waals surface area contributed by atoms with Gasteiger partial charge in [0.25, 0.3) is 0 Å². The molecule has 11 heavy (non-hydrogen) atoms. The molecule has 0 saturated heterocycles. The molecule has 0 unspecified atom stereocenters. The van der Waals surface area contributed by atoms with Crippen LogP contribution in [0.4, 0.5) is 0 Å². The zero-order valence-electron chi connectivity index (χ0n) is 6.42. The first kappa shape index (κ1) is 9.68. The predicted octanol–water partition coefficient (Wildman–Crippen LogP) is 0.788. The predicted molar refractivity (Wildman–Crippen MR) is 37.0 cm³/mol. The minimum absolute atomic E-state index is 0.00713. The molecular weight excluding hydrogens is 148 g/mol. The maximum atomic E-state index is 10.3. The molecule has 0 N–H and O–H groups in total. The van der Waals surface area contributed by atoms with Crippen molar-refractivity contribution in [2.75, 3.05) is 0 Å². The lowest BCUT2D eigenvalue weighted by atomic mass is 10.6. The monoisotopic (exact) mass is 157 g/mol. The molecule has 0 aromatic carbocycles. The molecule has 4 heteroatoms. The molecule has 0 aromatic heterocycles. The normalized spacial score (nSPS) is 10.6. The molecule has 0 bridgehead atoms. The van der Waals surface area contributed by atoms with Gasteiger partial charge in [-0.15, -0.1) is 0 Å². The first-order valence-electron chi connectivity index (χ1n) is 2.90. The zero-order chi connectivity index (χ0) is 8.85. The van der Waals surface area contributed by atoms with E-state index in [2.05, 4.69) is 16.4 Å². The van der Waals surface area contributed by atoms with Crippen LogP contribution in [0, 0.1) is 6.92 Å². The Morgan fingerprint density at radius 1 is 1.27 bits per heavy atom. The molecule has 0 heterocycles. The van der Waals surface area contributed by atoms with E-state index in [1.165, 1.54) is 13.8 Å². The molecule has 0 saturated carbocycles. The van der Waals surface area contributed by atoms with Crippen molar-refractivity contribution in [1.82, 2.24) is 0 Å². The summed E-state index contributed by atoms with van der Waals surface area (Å²) in [4.78, 5) is 20.5. The molecular formula is C7H9O4. The second kappa shape index (κ2) is 4.49. The van der Waals surface area contributed by atoms with Crippen molar-refractivity contribution in [3.8, 4) is 0 Å². The maximum absolute atomic E-state index is 10.3. The van der Waals surface area contributed by atoms with Crippen LogP contribution in [0.25, 0.3) is 0 Å². The van der Waals surface area contributed by atoms with Crippen LogP contribution >= 0.6 is 0 Å². The summed E-state index contributed by atoms with van der Waals surface area (Å²) in [5.41, 5.74) is 0. The van der Waals surface area contributed by atoms with Gasteiger partial charge in [0.15, 0.2) is 0 Å². The Morgan fingerprint density at radius 2 is 1.82 bits per heavy atom. The molecule has 0 atom stereocenters. The summed E-state index contributed by atoms with van der Waals surface area (Å²) in [7, 11) is 0. The SMILES string of the molecule is [CH2]C(=COC(C)=O)OC(C)=O. The van der Waals surface area contributed by atoms with Gasteiger partial charge in [-0.1, -0.05) is 0 Å². The van der Waals surface area contributed by atoms with E-state index < -0.39 is 11.9 Å². The number of allylic oxidation sites excluding steroid dienone is 1. The molecule has 0 amide bonds. The summed E-state index contributed by atoms with van der Waals surface area (Å²) in [6, 6.07) is 0. The minimum atomic E-state index is -0.501. The molecule has 0 rings (SSSR count). The molecule has 61 valence electrons. The van der Waals surface area contributed by atoms with Gasteiger partial charge in [-0.3, -0.25) is 9.59 Å². The van der Waals surface area contributed by atoms with Crippen molar-refractivity contribution in [1.29, 1.82) is 0 Å². The summed E-state index contributed by atoms with van der Waals surface area (Å²) in [5.74, 6) is -0.982. The van der Waals surface area contributed by atoms with Crippen molar-refractivity contribution in [2.45, 2.75) is 13.8 Å². The third-order valence-corrected chi connectivity index (χ3v) is 0.631. The lowest BCUT2D eigenvalue weighted by Gasteiger charge is -1.98. The lowest BCUT2D eigenvalue weighted by molar-refractivity contribution is -0.139. The highest BCUT2D eigenvalue weighted by molar-refractivity contribution is 5.68. The van der Waals surface area contributed by atoms with Crippen LogP contribution < -0.4 is 0 Å². The highest BCUT2D eigenvalue weighted by Gasteiger charge is 1.95. The van der Waals surface area contributed by atoms with Gasteiger partial charge in [-0.25, -0.2) is 0 Å². The smallest absolute Gasteiger partial charge is 0.307 e. The van der Waals surface area contributed by atoms with Crippen molar-refractivity contribution >= 4 is 11.9 Å². The van der Waals surface area contributed by atoms with Crippen LogP contribution in [-0.2, 0) is 19.1 Å². The highest BCUT2D eigenvalue weighted by atomic mass is 16.6. The fraction of sp³-hybridized carbons (Fsp3) is 0.286. The summed E-state index contributed by atoms with van der Waals surface area (Å²) in [6.07, 6.45) is 0.976. The van der Waals surface area contributed by atoms with E-state index in [-0.39, 0.29) is 5.76 Å². The largest absolute Gasteiger partial charge is 0.431 e. The van der Waals surface area contributed by atoms with E-state index in [1.54, 1.807) is 0 Å². The number of carbonyl (C=O) groups excluding carboxylic acids is 2. The van der Waals surface area contributed by atoms with Gasteiger partial charge in [-0.05, 0) is 0 Å². The van der Waals surface area contributed by atoms with Crippen LogP contribution in [0.5, 0.6) is 0 Å². The molecule has 0 spiro atoms. The fourth-order valence-corrected chi connectivity index (χ4v) is 0.357. The quantitative estimate of drug-likeness (QED) is 0.439. The van der Waals surface area contributed by atoms with Crippen LogP contribution in [0.2, 0.25) is 0 Å². The van der Waals surface area contributed by atoms with Crippen LogP contribution in [0.3, 0.4) is 0 Å². The fourth-order valence-electron chi connectivity index (χ4n) is 0.357. The Hall–Kier alpha value is -1.32. The van der Waals surface area contributed by atoms with Gasteiger partial charge in [0, 0.05) is 20.8 Å². The number of ether oxygens (including phenoxy) is 2. The van der Waals surface area contributed by atoms with Crippen molar-refractivity contribution < 1.29 is 19.1 Å². The highest BCUT2D eigenvalue weighted by Crippen LogP contribution is 1.95. The average molecular weight is 157 g/mol. The summed E-state index contributed by atoms with van der Waals surface area (Å²) >= 11 is 0. The van der Waals surface area contributed by atoms with Crippen molar-refractivity contribution in [2.24, 2.45) is 0 Å². The van der Waals surface area contributed by atoms with Gasteiger partial charge in [0.05, 0.1) is 0 Å². The third kappa shape index (κ3) is 6.57. The molecule has 4 nitrogen and oxygen atoms in total. The van der Waals surface area contributed by atoms with E-state index in [9.17, 15) is 9.59 Å². The van der Waals surface area contributed by atoms with E-state index in [4.69, 9.17) is 0 Å². The first-order valence-corrected chi connectivity index (χ1v) is 2.90. The van der Waals surface area contributed by atoms with Crippen LogP contribution in [0.15, 0.2) is 12.0 Å². The number of rotatable bonds is 2. The second-order valence-electron chi connectivity index (χ2n) is 1.79. The standard InChI is InChI=1S/C7H9O4/c1-5(11-7(3)9)4-10-6(2)8/h4H,1H2,2-3H3. The number of esters is 2. The number of hydrogen-bond donors (Lipinski definition) is 0. The summed E-state index contributed by atoms with van der Waals surface area (Å²) in [6.45, 7) is 5.75. The van der Waals surface area contributed by atoms with E-state index in [1.807, 2.05) is 0 Å². The van der Waals surface area contributed by atoms with Gasteiger partial charge in [0.2, 0.25) is 0 Å². The Balaban J connectivity index is 3.81. The second-order valence-corrected chi connectivity index (χ2v) is 1.79. The van der Waals surface area contributed by atoms with Gasteiger partial charge < -0.3 is 9.47 Å². The van der Waals surface area contributed by atoms with E-state index in [0.29, 0.717) is 0 Å². The Labute approximate surface area is 64.8 Å². The summed E-state index contributed by atoms with van der Waals surface area (Å²) in [5, 5.41) is 0. The Kier molecular flexibility index (Phi) is 3.95. The maximum Gasteiger partial charge on any atom is 0.307 e. The first-order chi connectivity index (χ1) is 5.02. The van der Waals surface area contributed by atoms with Crippen molar-refractivity contribution in [3.63, 3.8) is 0 Å². The Morgan fingerprint density at radius 3 is 2.18 bits per heavy atom. The van der Waals surface area contributed by atoms with Gasteiger partial charge in [0.1, 0.15) is 12.0 Å². The molecule has 0 fully saturated rings. The molecule has 0 aromatic rings. The molecule has 0 aliphatic heterocycles. The topological polar surface area (TPSA) is 52.6 Å². The number of hydrogen-bond acceptors (Lipinski definition) is 4. The average Bonchev–Trinajstić information content (AvgIpc) is 1.82.